The lowest BCUT2D eigenvalue weighted by atomic mass is 10.1. The van der Waals surface area contributed by atoms with E-state index in [4.69, 9.17) is 9.15 Å². The number of fused-ring (bicyclic) bond motifs is 1. The van der Waals surface area contributed by atoms with Gasteiger partial charge in [0.25, 0.3) is 11.8 Å². The first-order valence-electron chi connectivity index (χ1n) is 10.5. The molecule has 1 aromatic heterocycles. The number of hydrogen-bond donors (Lipinski definition) is 2. The number of rotatable bonds is 6. The summed E-state index contributed by atoms with van der Waals surface area (Å²) >= 11 is 0. The van der Waals surface area contributed by atoms with E-state index in [9.17, 15) is 9.59 Å². The second kappa shape index (κ2) is 8.92. The Balaban J connectivity index is 1.41. The van der Waals surface area contributed by atoms with Gasteiger partial charge in [-0.15, -0.1) is 0 Å². The van der Waals surface area contributed by atoms with Crippen LogP contribution in [-0.4, -0.2) is 16.8 Å². The Morgan fingerprint density at radius 3 is 2.52 bits per heavy atom. The number of ether oxygens (including phenoxy) is 1. The fraction of sp³-hybridized carbons (Fsp3) is 0.0769. The number of furan rings is 1. The molecule has 1 atom stereocenters. The van der Waals surface area contributed by atoms with Gasteiger partial charge in [0, 0.05) is 5.69 Å². The van der Waals surface area contributed by atoms with Crippen LogP contribution in [0.15, 0.2) is 102 Å². The van der Waals surface area contributed by atoms with E-state index < -0.39 is 12.1 Å². The lowest BCUT2D eigenvalue weighted by molar-refractivity contribution is 0.0465. The van der Waals surface area contributed by atoms with Gasteiger partial charge in [-0.1, -0.05) is 54.6 Å². The highest BCUT2D eigenvalue weighted by Crippen LogP contribution is 2.32. The lowest BCUT2D eigenvalue weighted by Gasteiger charge is -2.36. The van der Waals surface area contributed by atoms with Crippen molar-refractivity contribution in [2.24, 2.45) is 0 Å². The summed E-state index contributed by atoms with van der Waals surface area (Å²) < 4.78 is 11.5. The second-order valence-corrected chi connectivity index (χ2v) is 7.49. The maximum absolute atomic E-state index is 13.3. The molecular formula is C26H21N3O4. The number of anilines is 1. The van der Waals surface area contributed by atoms with Gasteiger partial charge in [-0.2, -0.15) is 0 Å². The summed E-state index contributed by atoms with van der Waals surface area (Å²) in [5, 5.41) is 4.51. The molecule has 164 valence electrons. The van der Waals surface area contributed by atoms with Crippen molar-refractivity contribution in [2.45, 2.75) is 12.8 Å². The first-order chi connectivity index (χ1) is 16.2. The minimum atomic E-state index is -0.705. The monoisotopic (exact) mass is 439 g/mol. The lowest BCUT2D eigenvalue weighted by Crippen LogP contribution is -2.52. The molecule has 0 fully saturated rings. The zero-order valence-corrected chi connectivity index (χ0v) is 17.6. The highest BCUT2D eigenvalue weighted by atomic mass is 16.5. The summed E-state index contributed by atoms with van der Waals surface area (Å²) in [7, 11) is 0. The molecule has 0 saturated carbocycles. The molecule has 0 unspecified atom stereocenters. The van der Waals surface area contributed by atoms with E-state index in [-0.39, 0.29) is 5.91 Å². The van der Waals surface area contributed by atoms with Gasteiger partial charge in [0.05, 0.1) is 17.4 Å². The third-order valence-electron chi connectivity index (χ3n) is 5.33. The molecule has 1 aliphatic rings. The van der Waals surface area contributed by atoms with Gasteiger partial charge in [0.15, 0.2) is 6.17 Å². The minimum absolute atomic E-state index is 0.317. The molecule has 0 aliphatic carbocycles. The Kier molecular flexibility index (Phi) is 5.51. The predicted molar refractivity (Wildman–Crippen MR) is 122 cm³/mol. The van der Waals surface area contributed by atoms with Crippen LogP contribution in [0.3, 0.4) is 0 Å². The Bertz CT molecular complexity index is 1270. The molecule has 0 bridgehead atoms. The molecule has 0 radical (unpaired) electrons. The van der Waals surface area contributed by atoms with Crippen LogP contribution in [0.5, 0.6) is 5.75 Å². The topological polar surface area (TPSA) is 83.8 Å². The van der Waals surface area contributed by atoms with E-state index in [0.29, 0.717) is 34.9 Å². The summed E-state index contributed by atoms with van der Waals surface area (Å²) in [6, 6.07) is 27.2. The van der Waals surface area contributed by atoms with E-state index in [1.807, 2.05) is 42.5 Å². The number of amides is 2. The van der Waals surface area contributed by atoms with Crippen LogP contribution in [-0.2, 0) is 6.61 Å². The molecule has 0 saturated heterocycles. The van der Waals surface area contributed by atoms with Crippen LogP contribution < -0.4 is 15.5 Å². The van der Waals surface area contributed by atoms with Gasteiger partial charge >= 0.3 is 0 Å². The highest BCUT2D eigenvalue weighted by molar-refractivity contribution is 6.04. The normalized spacial score (nSPS) is 14.8. The summed E-state index contributed by atoms with van der Waals surface area (Å²) in [5.74, 6) is 0.101. The fourth-order valence-corrected chi connectivity index (χ4v) is 3.70. The van der Waals surface area contributed by atoms with Crippen LogP contribution in [0.25, 0.3) is 0 Å². The fourth-order valence-electron chi connectivity index (χ4n) is 3.70. The van der Waals surface area contributed by atoms with Crippen molar-refractivity contribution in [3.8, 4) is 5.75 Å². The summed E-state index contributed by atoms with van der Waals surface area (Å²) in [4.78, 5) is 26.6. The number of para-hydroxylation sites is 2. The molecule has 5 rings (SSSR count). The van der Waals surface area contributed by atoms with Gasteiger partial charge in [-0.05, 0) is 42.0 Å². The third-order valence-corrected chi connectivity index (χ3v) is 5.33. The summed E-state index contributed by atoms with van der Waals surface area (Å²) in [5.41, 5.74) is 5.17. The standard InChI is InChI=1S/C26H21N3O4/c30-25(20-12-5-7-14-22(20)33-17-18-9-2-1-3-10-18)28-29-24(23-15-8-16-32-23)27-21-13-6-4-11-19(21)26(29)31/h1-16,24,27H,17H2,(H,28,30)/t24-/m1/s1. The highest BCUT2D eigenvalue weighted by Gasteiger charge is 2.36. The van der Waals surface area contributed by atoms with Crippen molar-refractivity contribution in [3.63, 3.8) is 0 Å². The SMILES string of the molecule is O=C(NN1C(=O)c2ccccc2N[C@H]1c1ccco1)c1ccccc1OCc1ccccc1. The molecule has 4 aromatic rings. The van der Waals surface area contributed by atoms with Crippen molar-refractivity contribution in [1.82, 2.24) is 10.4 Å². The quantitative estimate of drug-likeness (QED) is 0.452. The number of benzene rings is 3. The first-order valence-corrected chi connectivity index (χ1v) is 10.5. The van der Waals surface area contributed by atoms with Crippen molar-refractivity contribution < 1.29 is 18.7 Å². The molecule has 2 heterocycles. The first kappa shape index (κ1) is 20.4. The second-order valence-electron chi connectivity index (χ2n) is 7.49. The van der Waals surface area contributed by atoms with Gasteiger partial charge in [0.1, 0.15) is 18.1 Å². The van der Waals surface area contributed by atoms with E-state index >= 15 is 0 Å². The van der Waals surface area contributed by atoms with E-state index in [1.165, 1.54) is 11.3 Å². The number of carbonyl (C=O) groups is 2. The smallest absolute Gasteiger partial charge is 0.276 e. The van der Waals surface area contributed by atoms with E-state index in [0.717, 1.165) is 5.56 Å². The molecule has 7 heteroatoms. The number of hydrogen-bond acceptors (Lipinski definition) is 5. The number of hydrazine groups is 1. The Labute approximate surface area is 190 Å². The summed E-state index contributed by atoms with van der Waals surface area (Å²) in [6.07, 6.45) is 0.818. The average Bonchev–Trinajstić information content (AvgIpc) is 3.40. The van der Waals surface area contributed by atoms with Gasteiger partial charge in [0.2, 0.25) is 0 Å². The maximum atomic E-state index is 13.3. The average molecular weight is 439 g/mol. The van der Waals surface area contributed by atoms with Crippen LogP contribution in [0.1, 0.15) is 38.2 Å². The van der Waals surface area contributed by atoms with Gasteiger partial charge in [-0.25, -0.2) is 5.01 Å². The molecular weight excluding hydrogens is 418 g/mol. The van der Waals surface area contributed by atoms with Crippen LogP contribution >= 0.6 is 0 Å². The molecule has 2 N–H and O–H groups in total. The van der Waals surface area contributed by atoms with Crippen LogP contribution in [0.4, 0.5) is 5.69 Å². The largest absolute Gasteiger partial charge is 0.488 e. The van der Waals surface area contributed by atoms with Crippen molar-refractivity contribution in [3.05, 3.63) is 120 Å². The molecule has 3 aromatic carbocycles. The minimum Gasteiger partial charge on any atom is -0.488 e. The van der Waals surface area contributed by atoms with Crippen molar-refractivity contribution >= 4 is 17.5 Å². The van der Waals surface area contributed by atoms with E-state index in [1.54, 1.807) is 48.5 Å². The molecule has 33 heavy (non-hydrogen) atoms. The van der Waals surface area contributed by atoms with E-state index in [2.05, 4.69) is 10.7 Å². The van der Waals surface area contributed by atoms with Gasteiger partial charge in [-0.3, -0.25) is 15.0 Å². The summed E-state index contributed by atoms with van der Waals surface area (Å²) in [6.45, 7) is 0.317. The van der Waals surface area contributed by atoms with Gasteiger partial charge < -0.3 is 14.5 Å². The maximum Gasteiger partial charge on any atom is 0.276 e. The Morgan fingerprint density at radius 1 is 0.939 bits per heavy atom. The molecule has 7 nitrogen and oxygen atoms in total. The van der Waals surface area contributed by atoms with Crippen molar-refractivity contribution in [2.75, 3.05) is 5.32 Å². The Hall–Kier alpha value is -4.52. The molecule has 2 amide bonds. The predicted octanol–water partition coefficient (Wildman–Crippen LogP) is 4.77. The van der Waals surface area contributed by atoms with Crippen LogP contribution in [0, 0.1) is 0 Å². The molecule has 1 aliphatic heterocycles. The third kappa shape index (κ3) is 4.16. The number of nitrogens with zero attached hydrogens (tertiary/aromatic N) is 1. The number of nitrogens with one attached hydrogen (secondary N) is 2. The van der Waals surface area contributed by atoms with Crippen LogP contribution in [0.2, 0.25) is 0 Å². The molecule has 0 spiro atoms. The Morgan fingerprint density at radius 2 is 1.70 bits per heavy atom. The zero-order valence-electron chi connectivity index (χ0n) is 17.6. The number of carbonyl (C=O) groups excluding carboxylic acids is 2. The van der Waals surface area contributed by atoms with Crippen molar-refractivity contribution in [1.29, 1.82) is 0 Å². The zero-order chi connectivity index (χ0) is 22.6.